The number of amides is 1. The molecular weight excluding hydrogens is 396 g/mol. The van der Waals surface area contributed by atoms with Gasteiger partial charge in [-0.2, -0.15) is 0 Å². The maximum absolute atomic E-state index is 12.2. The molecule has 0 bridgehead atoms. The summed E-state index contributed by atoms with van der Waals surface area (Å²) in [5.41, 5.74) is 2.18. The van der Waals surface area contributed by atoms with Gasteiger partial charge in [0.1, 0.15) is 11.9 Å². The van der Waals surface area contributed by atoms with Crippen molar-refractivity contribution in [2.45, 2.75) is 18.6 Å². The lowest BCUT2D eigenvalue weighted by atomic mass is 10.0. The zero-order valence-electron chi connectivity index (χ0n) is 16.6. The molecule has 3 aromatic carbocycles. The number of benzene rings is 3. The molecular formula is C24H22N2O5. The number of nitrogens with zero attached hydrogens (tertiary/aromatic N) is 1. The van der Waals surface area contributed by atoms with E-state index in [1.807, 2.05) is 6.07 Å². The van der Waals surface area contributed by atoms with Crippen LogP contribution in [0, 0.1) is 0 Å². The summed E-state index contributed by atoms with van der Waals surface area (Å²) in [5, 5.41) is 32.2. The largest absolute Gasteiger partial charge is 0.507 e. The molecule has 7 nitrogen and oxygen atoms in total. The van der Waals surface area contributed by atoms with E-state index >= 15 is 0 Å². The number of nitrogens with one attached hydrogen (secondary N) is 1. The number of hydrogen-bond acceptors (Lipinski definition) is 5. The van der Waals surface area contributed by atoms with Gasteiger partial charge in [-0.1, -0.05) is 54.6 Å². The molecule has 2 atom stereocenters. The summed E-state index contributed by atoms with van der Waals surface area (Å²) in [7, 11) is 0. The Kier molecular flexibility index (Phi) is 7.13. The fraction of sp³-hybridized carbons (Fsp3) is 0.125. The highest BCUT2D eigenvalue weighted by Crippen LogP contribution is 2.22. The van der Waals surface area contributed by atoms with E-state index in [1.54, 1.807) is 72.8 Å². The molecule has 31 heavy (non-hydrogen) atoms. The number of aliphatic carboxylic acids is 1. The summed E-state index contributed by atoms with van der Waals surface area (Å²) >= 11 is 0. The molecule has 0 radical (unpaired) electrons. The van der Waals surface area contributed by atoms with Gasteiger partial charge in [0.25, 0.3) is 0 Å². The number of phenolic OH excluding ortho intramolecular Hbond substituents is 1. The molecule has 0 heterocycles. The lowest BCUT2D eigenvalue weighted by Gasteiger charge is -2.21. The molecule has 0 spiro atoms. The first-order valence-corrected chi connectivity index (χ1v) is 9.60. The minimum atomic E-state index is -1.49. The van der Waals surface area contributed by atoms with Gasteiger partial charge in [-0.15, -0.1) is 0 Å². The van der Waals surface area contributed by atoms with E-state index in [4.69, 9.17) is 0 Å². The van der Waals surface area contributed by atoms with Crippen LogP contribution < -0.4 is 5.32 Å². The zero-order chi connectivity index (χ0) is 22.2. The van der Waals surface area contributed by atoms with Crippen molar-refractivity contribution in [2.24, 2.45) is 4.99 Å². The molecule has 7 heteroatoms. The monoisotopic (exact) mass is 418 g/mol. The highest BCUT2D eigenvalue weighted by Gasteiger charge is 2.29. The third-order valence-corrected chi connectivity index (χ3v) is 4.63. The van der Waals surface area contributed by atoms with Crippen molar-refractivity contribution in [3.8, 4) is 5.75 Å². The molecule has 158 valence electrons. The number of carbonyl (C=O) groups excluding carboxylic acids is 1. The Morgan fingerprint density at radius 3 is 2.23 bits per heavy atom. The maximum Gasteiger partial charge on any atom is 0.329 e. The minimum absolute atomic E-state index is 0.0112. The third kappa shape index (κ3) is 6.01. The molecule has 1 amide bonds. The number of hydrogen-bond donors (Lipinski definition) is 4. The van der Waals surface area contributed by atoms with Crippen molar-refractivity contribution in [2.75, 3.05) is 0 Å². The maximum atomic E-state index is 12.2. The molecule has 0 unspecified atom stereocenters. The number of aliphatic imine (C=N–C) groups is 1. The van der Waals surface area contributed by atoms with E-state index in [0.29, 0.717) is 16.8 Å². The Hall–Kier alpha value is -3.97. The predicted molar refractivity (Wildman–Crippen MR) is 116 cm³/mol. The van der Waals surface area contributed by atoms with Crippen LogP contribution in [-0.4, -0.2) is 39.5 Å². The second-order valence-electron chi connectivity index (χ2n) is 6.90. The number of rotatable bonds is 8. The summed E-state index contributed by atoms with van der Waals surface area (Å²) in [6.07, 6.45) is 0.0792. The number of carboxylic acid groups (broad SMARTS) is 1. The molecule has 3 rings (SSSR count). The summed E-state index contributed by atoms with van der Waals surface area (Å²) in [6, 6.07) is 20.5. The number of aromatic hydroxyl groups is 1. The van der Waals surface area contributed by atoms with E-state index in [2.05, 4.69) is 10.3 Å². The first kappa shape index (κ1) is 21.7. The van der Waals surface area contributed by atoms with Crippen LogP contribution in [0.1, 0.15) is 22.8 Å². The van der Waals surface area contributed by atoms with Gasteiger partial charge in [0.05, 0.1) is 12.1 Å². The van der Waals surface area contributed by atoms with E-state index < -0.39 is 24.0 Å². The Morgan fingerprint density at radius 2 is 1.58 bits per heavy atom. The van der Waals surface area contributed by atoms with Crippen LogP contribution in [0.5, 0.6) is 5.75 Å². The SMILES string of the molecule is O=C(Cc1ccccc1)N[C@@H](C(=O)O)[C@@H](O)c1ccc(N=Cc2ccccc2O)cc1. The van der Waals surface area contributed by atoms with Crippen LogP contribution in [0.3, 0.4) is 0 Å². The van der Waals surface area contributed by atoms with E-state index in [0.717, 1.165) is 5.56 Å². The standard InChI is InChI=1S/C24H22N2O5/c27-20-9-5-4-8-18(20)15-25-19-12-10-17(11-13-19)23(29)22(24(30)31)26-21(28)14-16-6-2-1-3-7-16/h1-13,15,22-23,27,29H,14H2,(H,26,28)(H,30,31)/t22-,23+/m1/s1. The molecule has 0 saturated carbocycles. The van der Waals surface area contributed by atoms with Gasteiger partial charge in [0.15, 0.2) is 6.04 Å². The van der Waals surface area contributed by atoms with Crippen LogP contribution in [0.2, 0.25) is 0 Å². The number of carbonyl (C=O) groups is 2. The number of carboxylic acids is 1. The first-order chi connectivity index (χ1) is 14.9. The Balaban J connectivity index is 1.67. The van der Waals surface area contributed by atoms with E-state index in [1.165, 1.54) is 6.21 Å². The third-order valence-electron chi connectivity index (χ3n) is 4.63. The van der Waals surface area contributed by atoms with Gasteiger partial charge < -0.3 is 20.6 Å². The number of para-hydroxylation sites is 1. The highest BCUT2D eigenvalue weighted by molar-refractivity contribution is 5.86. The number of phenols is 1. The number of aliphatic hydroxyl groups excluding tert-OH is 1. The zero-order valence-corrected chi connectivity index (χ0v) is 16.6. The van der Waals surface area contributed by atoms with Crippen LogP contribution >= 0.6 is 0 Å². The Bertz CT molecular complexity index is 1060. The second-order valence-corrected chi connectivity index (χ2v) is 6.90. The first-order valence-electron chi connectivity index (χ1n) is 9.60. The van der Waals surface area contributed by atoms with Gasteiger partial charge >= 0.3 is 5.97 Å². The van der Waals surface area contributed by atoms with Gasteiger partial charge in [-0.25, -0.2) is 4.79 Å². The van der Waals surface area contributed by atoms with E-state index in [9.17, 15) is 24.9 Å². The Morgan fingerprint density at radius 1 is 0.935 bits per heavy atom. The van der Waals surface area contributed by atoms with E-state index in [-0.39, 0.29) is 12.2 Å². The van der Waals surface area contributed by atoms with Gasteiger partial charge in [-0.05, 0) is 35.4 Å². The Labute approximate surface area is 179 Å². The van der Waals surface area contributed by atoms with Crippen molar-refractivity contribution in [3.63, 3.8) is 0 Å². The topological polar surface area (TPSA) is 119 Å². The molecule has 0 fully saturated rings. The molecule has 3 aromatic rings. The number of aliphatic hydroxyl groups is 1. The average molecular weight is 418 g/mol. The predicted octanol–water partition coefficient (Wildman–Crippen LogP) is 2.99. The molecule has 0 aromatic heterocycles. The van der Waals surface area contributed by atoms with Crippen LogP contribution in [0.25, 0.3) is 0 Å². The quantitative estimate of drug-likeness (QED) is 0.419. The van der Waals surface area contributed by atoms with Gasteiger partial charge in [0, 0.05) is 11.8 Å². The summed E-state index contributed by atoms with van der Waals surface area (Å²) < 4.78 is 0. The van der Waals surface area contributed by atoms with Crippen molar-refractivity contribution in [1.29, 1.82) is 0 Å². The minimum Gasteiger partial charge on any atom is -0.507 e. The molecule has 4 N–H and O–H groups in total. The molecule has 0 saturated heterocycles. The van der Waals surface area contributed by atoms with Crippen LogP contribution in [0.15, 0.2) is 83.9 Å². The average Bonchev–Trinajstić information content (AvgIpc) is 2.77. The van der Waals surface area contributed by atoms with Crippen molar-refractivity contribution >= 4 is 23.8 Å². The fourth-order valence-electron chi connectivity index (χ4n) is 2.97. The smallest absolute Gasteiger partial charge is 0.329 e. The van der Waals surface area contributed by atoms with Gasteiger partial charge in [0.2, 0.25) is 5.91 Å². The second kappa shape index (κ2) is 10.2. The molecule has 0 aliphatic heterocycles. The summed E-state index contributed by atoms with van der Waals surface area (Å²) in [6.45, 7) is 0. The highest BCUT2D eigenvalue weighted by atomic mass is 16.4. The van der Waals surface area contributed by atoms with Crippen molar-refractivity contribution in [3.05, 3.63) is 95.6 Å². The van der Waals surface area contributed by atoms with Crippen molar-refractivity contribution in [1.82, 2.24) is 5.32 Å². The lowest BCUT2D eigenvalue weighted by Crippen LogP contribution is -2.45. The molecule has 0 aliphatic carbocycles. The van der Waals surface area contributed by atoms with Gasteiger partial charge in [-0.3, -0.25) is 9.79 Å². The summed E-state index contributed by atoms with van der Waals surface area (Å²) in [5.74, 6) is -1.73. The molecule has 0 aliphatic rings. The summed E-state index contributed by atoms with van der Waals surface area (Å²) in [4.78, 5) is 28.1. The fourth-order valence-corrected chi connectivity index (χ4v) is 2.97. The lowest BCUT2D eigenvalue weighted by molar-refractivity contribution is -0.145. The van der Waals surface area contributed by atoms with Crippen molar-refractivity contribution < 1.29 is 24.9 Å². The van der Waals surface area contributed by atoms with Crippen LogP contribution in [0.4, 0.5) is 5.69 Å². The van der Waals surface area contributed by atoms with Crippen LogP contribution in [-0.2, 0) is 16.0 Å². The normalized spacial score (nSPS) is 12.9.